The van der Waals surface area contributed by atoms with Gasteiger partial charge in [-0.05, 0) is 50.4 Å². The Morgan fingerprint density at radius 3 is 2.25 bits per heavy atom. The Bertz CT molecular complexity index is 286. The molecule has 2 unspecified atom stereocenters. The Balaban J connectivity index is 2.00. The maximum absolute atomic E-state index is 4.25. The molecule has 20 heavy (non-hydrogen) atoms. The molecule has 1 saturated carbocycles. The summed E-state index contributed by atoms with van der Waals surface area (Å²) in [6.45, 7) is 13.0. The number of rotatable bonds is 10. The second-order valence-corrected chi connectivity index (χ2v) is 6.97. The predicted molar refractivity (Wildman–Crippen MR) is 92.0 cm³/mol. The van der Waals surface area contributed by atoms with Gasteiger partial charge < -0.3 is 0 Å². The van der Waals surface area contributed by atoms with Gasteiger partial charge in [-0.1, -0.05) is 76.7 Å². The lowest BCUT2D eigenvalue weighted by Gasteiger charge is -2.28. The SMILES string of the molecule is C=C(CC)CCCC(=C)CCCCC1CCCCC1C. The highest BCUT2D eigenvalue weighted by Gasteiger charge is 2.20. The van der Waals surface area contributed by atoms with Crippen molar-refractivity contribution in [3.8, 4) is 0 Å². The minimum Gasteiger partial charge on any atom is -0.0999 e. The topological polar surface area (TPSA) is 0 Å². The van der Waals surface area contributed by atoms with Gasteiger partial charge in [-0.3, -0.25) is 0 Å². The van der Waals surface area contributed by atoms with Crippen LogP contribution in [0.25, 0.3) is 0 Å². The third-order valence-electron chi connectivity index (χ3n) is 5.21. The molecule has 0 aromatic rings. The number of hydrogen-bond donors (Lipinski definition) is 0. The van der Waals surface area contributed by atoms with Gasteiger partial charge in [-0.25, -0.2) is 0 Å². The van der Waals surface area contributed by atoms with Crippen molar-refractivity contribution in [2.24, 2.45) is 11.8 Å². The fourth-order valence-corrected chi connectivity index (χ4v) is 3.49. The minimum atomic E-state index is 0.979. The first-order valence-electron chi connectivity index (χ1n) is 8.96. The maximum atomic E-state index is 4.25. The summed E-state index contributed by atoms with van der Waals surface area (Å²) in [5.41, 5.74) is 2.86. The van der Waals surface area contributed by atoms with E-state index in [0.29, 0.717) is 0 Å². The van der Waals surface area contributed by atoms with Gasteiger partial charge in [0.05, 0.1) is 0 Å². The van der Waals surface area contributed by atoms with Crippen molar-refractivity contribution >= 4 is 0 Å². The second-order valence-electron chi connectivity index (χ2n) is 6.97. The van der Waals surface area contributed by atoms with Crippen molar-refractivity contribution < 1.29 is 0 Å². The Hall–Kier alpha value is -0.520. The molecule has 0 aromatic heterocycles. The first-order valence-corrected chi connectivity index (χ1v) is 8.96. The standard InChI is InChI=1S/C20H36/c1-5-17(2)12-10-13-18(3)11-6-8-15-20-16-9-7-14-19(20)4/h19-20H,2-3,5-16H2,1,4H3. The molecule has 0 amide bonds. The highest BCUT2D eigenvalue weighted by Crippen LogP contribution is 2.33. The highest BCUT2D eigenvalue weighted by atomic mass is 14.3. The largest absolute Gasteiger partial charge is 0.0999 e. The van der Waals surface area contributed by atoms with Crippen molar-refractivity contribution in [2.45, 2.75) is 90.9 Å². The van der Waals surface area contributed by atoms with Gasteiger partial charge >= 0.3 is 0 Å². The zero-order valence-corrected chi connectivity index (χ0v) is 14.1. The normalized spacial score (nSPS) is 22.7. The Kier molecular flexibility index (Phi) is 8.98. The molecule has 1 rings (SSSR count). The van der Waals surface area contributed by atoms with Gasteiger partial charge in [0.25, 0.3) is 0 Å². The van der Waals surface area contributed by atoms with E-state index < -0.39 is 0 Å². The van der Waals surface area contributed by atoms with Crippen LogP contribution >= 0.6 is 0 Å². The summed E-state index contributed by atoms with van der Waals surface area (Å²) >= 11 is 0. The fourth-order valence-electron chi connectivity index (χ4n) is 3.49. The van der Waals surface area contributed by atoms with Crippen molar-refractivity contribution in [3.63, 3.8) is 0 Å². The van der Waals surface area contributed by atoms with Gasteiger partial charge in [0.2, 0.25) is 0 Å². The van der Waals surface area contributed by atoms with Crippen molar-refractivity contribution in [2.75, 3.05) is 0 Å². The van der Waals surface area contributed by atoms with E-state index in [4.69, 9.17) is 0 Å². The average molecular weight is 277 g/mol. The average Bonchev–Trinajstić information content (AvgIpc) is 2.45. The Morgan fingerprint density at radius 2 is 1.55 bits per heavy atom. The van der Waals surface area contributed by atoms with Crippen LogP contribution in [0.2, 0.25) is 0 Å². The third kappa shape index (κ3) is 7.31. The highest BCUT2D eigenvalue weighted by molar-refractivity contribution is 4.97. The van der Waals surface area contributed by atoms with E-state index in [-0.39, 0.29) is 0 Å². The zero-order valence-electron chi connectivity index (χ0n) is 14.1. The first kappa shape index (κ1) is 17.5. The summed E-state index contributed by atoms with van der Waals surface area (Å²) in [6.07, 6.45) is 16.2. The van der Waals surface area contributed by atoms with Crippen LogP contribution in [-0.4, -0.2) is 0 Å². The van der Waals surface area contributed by atoms with E-state index in [1.807, 2.05) is 0 Å². The molecule has 0 N–H and O–H groups in total. The summed E-state index contributed by atoms with van der Waals surface area (Å²) in [4.78, 5) is 0. The number of hydrogen-bond acceptors (Lipinski definition) is 0. The smallest absolute Gasteiger partial charge is 0.0320 e. The van der Waals surface area contributed by atoms with Gasteiger partial charge in [0.1, 0.15) is 0 Å². The van der Waals surface area contributed by atoms with Crippen LogP contribution in [-0.2, 0) is 0 Å². The molecule has 0 spiro atoms. The molecule has 0 bridgehead atoms. The molecule has 0 aromatic carbocycles. The van der Waals surface area contributed by atoms with E-state index in [2.05, 4.69) is 27.0 Å². The summed E-state index contributed by atoms with van der Waals surface area (Å²) in [5, 5.41) is 0. The van der Waals surface area contributed by atoms with E-state index >= 15 is 0 Å². The third-order valence-corrected chi connectivity index (χ3v) is 5.21. The molecule has 0 nitrogen and oxygen atoms in total. The molecule has 0 saturated heterocycles. The van der Waals surface area contributed by atoms with Gasteiger partial charge in [-0.2, -0.15) is 0 Å². The summed E-state index contributed by atoms with van der Waals surface area (Å²) < 4.78 is 0. The molecule has 0 aliphatic heterocycles. The fraction of sp³-hybridized carbons (Fsp3) is 0.800. The summed E-state index contributed by atoms with van der Waals surface area (Å²) in [5.74, 6) is 2.00. The molecule has 1 aliphatic carbocycles. The van der Waals surface area contributed by atoms with Gasteiger partial charge in [0, 0.05) is 0 Å². The minimum absolute atomic E-state index is 0.979. The van der Waals surface area contributed by atoms with Crippen LogP contribution in [0.4, 0.5) is 0 Å². The molecule has 0 heterocycles. The van der Waals surface area contributed by atoms with Crippen LogP contribution in [0.15, 0.2) is 24.3 Å². The monoisotopic (exact) mass is 276 g/mol. The molecule has 0 heteroatoms. The zero-order chi connectivity index (χ0) is 14.8. The van der Waals surface area contributed by atoms with E-state index in [1.165, 1.54) is 81.8 Å². The van der Waals surface area contributed by atoms with Crippen molar-refractivity contribution in [3.05, 3.63) is 24.3 Å². The lowest BCUT2D eigenvalue weighted by molar-refractivity contribution is 0.237. The number of unbranched alkanes of at least 4 members (excludes halogenated alkanes) is 1. The molecular weight excluding hydrogens is 240 g/mol. The summed E-state index contributed by atoms with van der Waals surface area (Å²) in [7, 11) is 0. The molecule has 1 aliphatic rings. The van der Waals surface area contributed by atoms with Crippen LogP contribution in [0, 0.1) is 11.8 Å². The number of allylic oxidation sites excluding steroid dienone is 2. The molecular formula is C20H36. The van der Waals surface area contributed by atoms with Crippen LogP contribution in [0.3, 0.4) is 0 Å². The molecule has 116 valence electrons. The van der Waals surface area contributed by atoms with Gasteiger partial charge in [0.15, 0.2) is 0 Å². The second kappa shape index (κ2) is 10.2. The first-order chi connectivity index (χ1) is 9.63. The Morgan fingerprint density at radius 1 is 0.900 bits per heavy atom. The van der Waals surface area contributed by atoms with Crippen molar-refractivity contribution in [1.29, 1.82) is 0 Å². The lowest BCUT2D eigenvalue weighted by Crippen LogP contribution is -2.16. The van der Waals surface area contributed by atoms with Gasteiger partial charge in [-0.15, -0.1) is 0 Å². The van der Waals surface area contributed by atoms with Crippen LogP contribution in [0.1, 0.15) is 90.9 Å². The predicted octanol–water partition coefficient (Wildman–Crippen LogP) is 7.07. The maximum Gasteiger partial charge on any atom is -0.0320 e. The Labute approximate surface area is 127 Å². The molecule has 0 radical (unpaired) electrons. The van der Waals surface area contributed by atoms with E-state index in [9.17, 15) is 0 Å². The van der Waals surface area contributed by atoms with Crippen molar-refractivity contribution in [1.82, 2.24) is 0 Å². The van der Waals surface area contributed by atoms with E-state index in [0.717, 1.165) is 18.3 Å². The quantitative estimate of drug-likeness (QED) is 0.296. The lowest BCUT2D eigenvalue weighted by atomic mass is 9.78. The summed E-state index contributed by atoms with van der Waals surface area (Å²) in [6, 6.07) is 0. The van der Waals surface area contributed by atoms with E-state index in [1.54, 1.807) is 0 Å². The van der Waals surface area contributed by atoms with Crippen LogP contribution < -0.4 is 0 Å². The molecule has 2 atom stereocenters. The van der Waals surface area contributed by atoms with Crippen LogP contribution in [0.5, 0.6) is 0 Å². The molecule has 1 fully saturated rings.